The fourth-order valence-corrected chi connectivity index (χ4v) is 7.98. The summed E-state index contributed by atoms with van der Waals surface area (Å²) in [7, 11) is 0. The molecule has 0 atom stereocenters. The lowest BCUT2D eigenvalue weighted by molar-refractivity contribution is 0.668. The van der Waals surface area contributed by atoms with Crippen LogP contribution in [0.2, 0.25) is 0 Å². The summed E-state index contributed by atoms with van der Waals surface area (Å²) in [6, 6.07) is 60.1. The number of para-hydroxylation sites is 3. The van der Waals surface area contributed by atoms with Gasteiger partial charge in [0.15, 0.2) is 0 Å². The van der Waals surface area contributed by atoms with Gasteiger partial charge in [-0.2, -0.15) is 0 Å². The van der Waals surface area contributed by atoms with Crippen molar-refractivity contribution in [2.75, 3.05) is 4.90 Å². The molecule has 0 saturated carbocycles. The molecule has 3 heterocycles. The first-order valence-corrected chi connectivity index (χ1v) is 16.9. The molecule has 0 aliphatic heterocycles. The first-order chi connectivity index (χ1) is 24.8. The molecule has 0 bridgehead atoms. The van der Waals surface area contributed by atoms with Gasteiger partial charge in [-0.15, -0.1) is 0 Å². The number of furan rings is 2. The van der Waals surface area contributed by atoms with Crippen molar-refractivity contribution in [3.05, 3.63) is 170 Å². The number of rotatable bonds is 4. The Hall–Kier alpha value is -6.78. The van der Waals surface area contributed by atoms with Crippen molar-refractivity contribution in [1.29, 1.82) is 0 Å². The first-order valence-electron chi connectivity index (χ1n) is 16.9. The van der Waals surface area contributed by atoms with Crippen LogP contribution in [0.25, 0.3) is 82.1 Å². The Morgan fingerprint density at radius 2 is 1.00 bits per heavy atom. The summed E-state index contributed by atoms with van der Waals surface area (Å²) in [5, 5.41) is 9.08. The van der Waals surface area contributed by atoms with E-state index in [2.05, 4.69) is 167 Å². The maximum absolute atomic E-state index is 6.47. The van der Waals surface area contributed by atoms with Crippen LogP contribution in [-0.4, -0.2) is 4.57 Å². The van der Waals surface area contributed by atoms with Crippen molar-refractivity contribution in [1.82, 2.24) is 4.57 Å². The summed E-state index contributed by atoms with van der Waals surface area (Å²) in [6.07, 6.45) is 0. The van der Waals surface area contributed by atoms with Crippen LogP contribution in [0.1, 0.15) is 0 Å². The van der Waals surface area contributed by atoms with Gasteiger partial charge >= 0.3 is 0 Å². The van der Waals surface area contributed by atoms with E-state index in [1.807, 2.05) is 12.1 Å². The summed E-state index contributed by atoms with van der Waals surface area (Å²) in [5.74, 6) is 0. The molecule has 50 heavy (non-hydrogen) atoms. The second kappa shape index (κ2) is 10.4. The van der Waals surface area contributed by atoms with Crippen LogP contribution >= 0.6 is 0 Å². The minimum atomic E-state index is 0.855. The zero-order chi connectivity index (χ0) is 32.8. The summed E-state index contributed by atoms with van der Waals surface area (Å²) in [5.41, 5.74) is 10.1. The third kappa shape index (κ3) is 3.87. The predicted molar refractivity (Wildman–Crippen MR) is 208 cm³/mol. The van der Waals surface area contributed by atoms with Gasteiger partial charge in [-0.25, -0.2) is 0 Å². The van der Waals surface area contributed by atoms with Crippen LogP contribution < -0.4 is 4.90 Å². The Bertz CT molecular complexity index is 3110. The Morgan fingerprint density at radius 3 is 1.88 bits per heavy atom. The van der Waals surface area contributed by atoms with E-state index < -0.39 is 0 Å². The summed E-state index contributed by atoms with van der Waals surface area (Å²) < 4.78 is 15.3. The van der Waals surface area contributed by atoms with E-state index in [1.165, 1.54) is 21.5 Å². The number of fused-ring (bicyclic) bond motifs is 10. The number of nitrogens with zero attached hydrogens (tertiary/aromatic N) is 2. The molecule has 0 amide bonds. The third-order valence-electron chi connectivity index (χ3n) is 10.1. The van der Waals surface area contributed by atoms with Crippen molar-refractivity contribution in [3.63, 3.8) is 0 Å². The molecule has 11 aromatic rings. The van der Waals surface area contributed by atoms with Crippen molar-refractivity contribution >= 4 is 93.5 Å². The standard InChI is InChI=1S/C46H28N2O2/c1-2-14-31(15-3-1)47-37-18-8-6-16-33(37)45-38(47)19-10-20-39(45)48(40-21-11-23-43-46(40)34-17-7-9-22-41(34)49-43)32-24-25-42-36(28-32)35-26-29-12-4-5-13-30(29)27-44(35)50-42/h1-28H. The molecular weight excluding hydrogens is 613 g/mol. The lowest BCUT2D eigenvalue weighted by Crippen LogP contribution is -2.11. The molecule has 0 radical (unpaired) electrons. The highest BCUT2D eigenvalue weighted by Crippen LogP contribution is 2.48. The molecule has 0 spiro atoms. The maximum atomic E-state index is 6.47. The Morgan fingerprint density at radius 1 is 0.380 bits per heavy atom. The molecular formula is C46H28N2O2. The molecule has 0 unspecified atom stereocenters. The highest BCUT2D eigenvalue weighted by Gasteiger charge is 2.24. The monoisotopic (exact) mass is 640 g/mol. The van der Waals surface area contributed by atoms with Gasteiger partial charge in [0, 0.05) is 38.3 Å². The third-order valence-corrected chi connectivity index (χ3v) is 10.1. The molecule has 0 fully saturated rings. The van der Waals surface area contributed by atoms with Gasteiger partial charge in [-0.1, -0.05) is 91.0 Å². The second-order valence-electron chi connectivity index (χ2n) is 12.9. The Balaban J connectivity index is 1.26. The van der Waals surface area contributed by atoms with Crippen LogP contribution in [0.3, 0.4) is 0 Å². The van der Waals surface area contributed by atoms with Gasteiger partial charge in [0.25, 0.3) is 0 Å². The average Bonchev–Trinajstić information content (AvgIpc) is 3.84. The van der Waals surface area contributed by atoms with Crippen LogP contribution in [0.5, 0.6) is 0 Å². The topological polar surface area (TPSA) is 34.5 Å². The zero-order valence-electron chi connectivity index (χ0n) is 26.9. The van der Waals surface area contributed by atoms with Gasteiger partial charge < -0.3 is 18.3 Å². The SMILES string of the molecule is c1ccc(-n2c3ccccc3c3c(N(c4ccc5oc6cc7ccccc7cc6c5c4)c4cccc5oc6ccccc6c45)cccc32)cc1. The van der Waals surface area contributed by atoms with Crippen molar-refractivity contribution in [2.45, 2.75) is 0 Å². The molecule has 234 valence electrons. The largest absolute Gasteiger partial charge is 0.456 e. The van der Waals surface area contributed by atoms with Crippen molar-refractivity contribution < 1.29 is 8.83 Å². The van der Waals surface area contributed by atoms with Crippen LogP contribution in [0.4, 0.5) is 17.1 Å². The lowest BCUT2D eigenvalue weighted by Gasteiger charge is -2.27. The molecule has 11 rings (SSSR count). The second-order valence-corrected chi connectivity index (χ2v) is 12.9. The molecule has 4 nitrogen and oxygen atoms in total. The normalized spacial score (nSPS) is 12.0. The van der Waals surface area contributed by atoms with E-state index in [1.54, 1.807) is 0 Å². The first kappa shape index (κ1) is 27.2. The zero-order valence-corrected chi connectivity index (χ0v) is 26.9. The molecule has 3 aromatic heterocycles. The summed E-state index contributed by atoms with van der Waals surface area (Å²) >= 11 is 0. The lowest BCUT2D eigenvalue weighted by atomic mass is 10.0. The molecule has 8 aromatic carbocycles. The number of hydrogen-bond acceptors (Lipinski definition) is 3. The van der Waals surface area contributed by atoms with E-state index in [4.69, 9.17) is 8.83 Å². The van der Waals surface area contributed by atoms with Crippen molar-refractivity contribution in [2.24, 2.45) is 0 Å². The minimum absolute atomic E-state index is 0.855. The van der Waals surface area contributed by atoms with E-state index >= 15 is 0 Å². The van der Waals surface area contributed by atoms with E-state index in [9.17, 15) is 0 Å². The summed E-state index contributed by atoms with van der Waals surface area (Å²) in [4.78, 5) is 2.41. The van der Waals surface area contributed by atoms with Crippen LogP contribution in [0, 0.1) is 0 Å². The number of hydrogen-bond donors (Lipinski definition) is 0. The van der Waals surface area contributed by atoms with E-state index in [0.717, 1.165) is 77.7 Å². The van der Waals surface area contributed by atoms with E-state index in [0.29, 0.717) is 0 Å². The smallest absolute Gasteiger partial charge is 0.137 e. The average molecular weight is 641 g/mol. The predicted octanol–water partition coefficient (Wildman–Crippen LogP) is 13.2. The highest BCUT2D eigenvalue weighted by atomic mass is 16.3. The van der Waals surface area contributed by atoms with Gasteiger partial charge in [-0.3, -0.25) is 0 Å². The number of benzene rings is 8. The number of anilines is 3. The fraction of sp³-hybridized carbons (Fsp3) is 0. The molecule has 0 aliphatic rings. The van der Waals surface area contributed by atoms with Gasteiger partial charge in [0.2, 0.25) is 0 Å². The highest BCUT2D eigenvalue weighted by molar-refractivity contribution is 6.20. The van der Waals surface area contributed by atoms with Gasteiger partial charge in [0.05, 0.1) is 27.8 Å². The Kier molecular flexibility index (Phi) is 5.63. The summed E-state index contributed by atoms with van der Waals surface area (Å²) in [6.45, 7) is 0. The quantitative estimate of drug-likeness (QED) is 0.192. The fourth-order valence-electron chi connectivity index (χ4n) is 7.98. The van der Waals surface area contributed by atoms with Crippen LogP contribution in [-0.2, 0) is 0 Å². The van der Waals surface area contributed by atoms with E-state index in [-0.39, 0.29) is 0 Å². The molecule has 4 heteroatoms. The maximum Gasteiger partial charge on any atom is 0.137 e. The molecule has 0 aliphatic carbocycles. The molecule has 0 N–H and O–H groups in total. The minimum Gasteiger partial charge on any atom is -0.456 e. The van der Waals surface area contributed by atoms with Crippen LogP contribution in [0.15, 0.2) is 179 Å². The van der Waals surface area contributed by atoms with Gasteiger partial charge in [0.1, 0.15) is 22.3 Å². The van der Waals surface area contributed by atoms with Crippen molar-refractivity contribution in [3.8, 4) is 5.69 Å². The Labute approximate surface area is 286 Å². The van der Waals surface area contributed by atoms with Gasteiger partial charge in [-0.05, 0) is 89.6 Å². The molecule has 0 saturated heterocycles. The number of aromatic nitrogens is 1.